The maximum absolute atomic E-state index is 9.62. The summed E-state index contributed by atoms with van der Waals surface area (Å²) in [7, 11) is 0. The summed E-state index contributed by atoms with van der Waals surface area (Å²) in [6, 6.07) is 8.39. The zero-order chi connectivity index (χ0) is 8.55. The van der Waals surface area contributed by atoms with Crippen molar-refractivity contribution in [2.75, 3.05) is 0 Å². The normalized spacial score (nSPS) is 22.7. The lowest BCUT2D eigenvalue weighted by Crippen LogP contribution is -2.28. The number of benzene rings is 1. The third kappa shape index (κ3) is 1.05. The van der Waals surface area contributed by atoms with Gasteiger partial charge in [0.1, 0.15) is 0 Å². The van der Waals surface area contributed by atoms with Crippen molar-refractivity contribution in [1.29, 1.82) is 0 Å². The first-order chi connectivity index (χ1) is 5.83. The second-order valence-corrected chi connectivity index (χ2v) is 3.49. The Balaban J connectivity index is 2.19. The van der Waals surface area contributed by atoms with E-state index < -0.39 is 0 Å². The molecular weight excluding hydrogens is 148 g/mol. The van der Waals surface area contributed by atoms with Crippen LogP contribution in [0.5, 0.6) is 0 Å². The number of hydrogen-bond donors (Lipinski definition) is 1. The van der Waals surface area contributed by atoms with Crippen LogP contribution in [0, 0.1) is 0 Å². The van der Waals surface area contributed by atoms with Crippen LogP contribution in [0.25, 0.3) is 0 Å². The van der Waals surface area contributed by atoms with Gasteiger partial charge in [-0.25, -0.2) is 0 Å². The molecule has 1 unspecified atom stereocenters. The van der Waals surface area contributed by atoms with Crippen LogP contribution in [0.15, 0.2) is 24.3 Å². The fourth-order valence-corrected chi connectivity index (χ4v) is 1.93. The molecule has 12 heavy (non-hydrogen) atoms. The van der Waals surface area contributed by atoms with Gasteiger partial charge in [0, 0.05) is 5.92 Å². The minimum Gasteiger partial charge on any atom is -0.392 e. The van der Waals surface area contributed by atoms with E-state index in [2.05, 4.69) is 18.2 Å². The summed E-state index contributed by atoms with van der Waals surface area (Å²) in [5, 5.41) is 9.62. The van der Waals surface area contributed by atoms with Gasteiger partial charge in [0.25, 0.3) is 0 Å². The minimum absolute atomic E-state index is 0.139. The second kappa shape index (κ2) is 2.91. The summed E-state index contributed by atoms with van der Waals surface area (Å²) in [5.41, 5.74) is 2.77. The fourth-order valence-electron chi connectivity index (χ4n) is 1.93. The monoisotopic (exact) mass is 162 g/mol. The second-order valence-electron chi connectivity index (χ2n) is 3.49. The van der Waals surface area contributed by atoms with Crippen LogP contribution in [-0.4, -0.2) is 11.2 Å². The molecular formula is C11H14O. The molecule has 1 aromatic carbocycles. The van der Waals surface area contributed by atoms with E-state index in [-0.39, 0.29) is 6.10 Å². The Morgan fingerprint density at radius 2 is 2.25 bits per heavy atom. The van der Waals surface area contributed by atoms with E-state index in [0.717, 1.165) is 12.8 Å². The van der Waals surface area contributed by atoms with Crippen molar-refractivity contribution in [1.82, 2.24) is 0 Å². The summed E-state index contributed by atoms with van der Waals surface area (Å²) in [4.78, 5) is 0. The van der Waals surface area contributed by atoms with Gasteiger partial charge in [-0.2, -0.15) is 0 Å². The summed E-state index contributed by atoms with van der Waals surface area (Å²) in [6.07, 6.45) is 1.78. The van der Waals surface area contributed by atoms with E-state index in [1.54, 1.807) is 0 Å². The zero-order valence-corrected chi connectivity index (χ0v) is 7.33. The highest BCUT2D eigenvalue weighted by molar-refractivity contribution is 5.40. The molecule has 0 spiro atoms. The molecule has 2 rings (SSSR count). The zero-order valence-electron chi connectivity index (χ0n) is 7.33. The van der Waals surface area contributed by atoms with Gasteiger partial charge < -0.3 is 5.11 Å². The summed E-state index contributed by atoms with van der Waals surface area (Å²) >= 11 is 0. The standard InChI is InChI=1S/C11H14O/c1-2-11(12)10-7-8-5-3-4-6-9(8)10/h3-6,10-12H,2,7H2,1H3/t10?,11-/m1/s1. The van der Waals surface area contributed by atoms with Gasteiger partial charge >= 0.3 is 0 Å². The van der Waals surface area contributed by atoms with Crippen molar-refractivity contribution in [3.05, 3.63) is 35.4 Å². The van der Waals surface area contributed by atoms with Gasteiger partial charge in [-0.1, -0.05) is 31.2 Å². The Kier molecular flexibility index (Phi) is 1.89. The van der Waals surface area contributed by atoms with Crippen molar-refractivity contribution in [3.63, 3.8) is 0 Å². The molecule has 1 N–H and O–H groups in total. The number of fused-ring (bicyclic) bond motifs is 1. The molecule has 64 valence electrons. The molecule has 0 aliphatic heterocycles. The van der Waals surface area contributed by atoms with Crippen molar-refractivity contribution >= 4 is 0 Å². The first-order valence-electron chi connectivity index (χ1n) is 4.58. The van der Waals surface area contributed by atoms with Crippen LogP contribution in [0.4, 0.5) is 0 Å². The average molecular weight is 162 g/mol. The first kappa shape index (κ1) is 7.81. The van der Waals surface area contributed by atoms with Crippen molar-refractivity contribution in [2.24, 2.45) is 0 Å². The Morgan fingerprint density at radius 1 is 1.50 bits per heavy atom. The van der Waals surface area contributed by atoms with E-state index in [1.807, 2.05) is 13.0 Å². The van der Waals surface area contributed by atoms with Gasteiger partial charge in [0.15, 0.2) is 0 Å². The molecule has 1 nitrogen and oxygen atoms in total. The minimum atomic E-state index is -0.139. The molecule has 0 amide bonds. The molecule has 0 saturated carbocycles. The van der Waals surface area contributed by atoms with E-state index in [0.29, 0.717) is 5.92 Å². The lowest BCUT2D eigenvalue weighted by atomic mass is 9.74. The molecule has 1 heteroatoms. The lowest BCUT2D eigenvalue weighted by Gasteiger charge is -2.33. The van der Waals surface area contributed by atoms with Crippen LogP contribution in [0.2, 0.25) is 0 Å². The van der Waals surface area contributed by atoms with E-state index in [4.69, 9.17) is 0 Å². The Labute approximate surface area is 73.0 Å². The molecule has 0 bridgehead atoms. The first-order valence-corrected chi connectivity index (χ1v) is 4.58. The molecule has 0 fully saturated rings. The van der Waals surface area contributed by atoms with Gasteiger partial charge in [0.2, 0.25) is 0 Å². The lowest BCUT2D eigenvalue weighted by molar-refractivity contribution is 0.129. The van der Waals surface area contributed by atoms with Gasteiger partial charge in [-0.3, -0.25) is 0 Å². The van der Waals surface area contributed by atoms with Crippen LogP contribution in [0.1, 0.15) is 30.4 Å². The third-order valence-corrected chi connectivity index (χ3v) is 2.78. The maximum Gasteiger partial charge on any atom is 0.0609 e. The number of aliphatic hydroxyl groups excluding tert-OH is 1. The topological polar surface area (TPSA) is 20.2 Å². The molecule has 1 aromatic rings. The highest BCUT2D eigenvalue weighted by Gasteiger charge is 2.30. The quantitative estimate of drug-likeness (QED) is 0.706. The fraction of sp³-hybridized carbons (Fsp3) is 0.455. The van der Waals surface area contributed by atoms with E-state index in [1.165, 1.54) is 11.1 Å². The van der Waals surface area contributed by atoms with Crippen LogP contribution >= 0.6 is 0 Å². The summed E-state index contributed by atoms with van der Waals surface area (Å²) in [6.45, 7) is 2.03. The summed E-state index contributed by atoms with van der Waals surface area (Å²) in [5.74, 6) is 0.409. The largest absolute Gasteiger partial charge is 0.392 e. The Bertz CT molecular complexity index is 280. The number of rotatable bonds is 2. The smallest absolute Gasteiger partial charge is 0.0609 e. The molecule has 1 aliphatic carbocycles. The molecule has 0 saturated heterocycles. The summed E-state index contributed by atoms with van der Waals surface area (Å²) < 4.78 is 0. The van der Waals surface area contributed by atoms with Crippen molar-refractivity contribution < 1.29 is 5.11 Å². The molecule has 1 aliphatic rings. The van der Waals surface area contributed by atoms with Gasteiger partial charge in [-0.05, 0) is 24.0 Å². The van der Waals surface area contributed by atoms with Gasteiger partial charge in [0.05, 0.1) is 6.10 Å². The molecule has 0 radical (unpaired) electrons. The van der Waals surface area contributed by atoms with Crippen molar-refractivity contribution in [3.8, 4) is 0 Å². The van der Waals surface area contributed by atoms with Gasteiger partial charge in [-0.15, -0.1) is 0 Å². The number of aliphatic hydroxyl groups is 1. The van der Waals surface area contributed by atoms with E-state index in [9.17, 15) is 5.11 Å². The van der Waals surface area contributed by atoms with E-state index >= 15 is 0 Å². The SMILES string of the molecule is CC[C@@H](O)C1Cc2ccccc21. The third-order valence-electron chi connectivity index (χ3n) is 2.78. The predicted molar refractivity (Wildman–Crippen MR) is 49.2 cm³/mol. The highest BCUT2D eigenvalue weighted by Crippen LogP contribution is 2.37. The molecule has 0 aromatic heterocycles. The van der Waals surface area contributed by atoms with Crippen molar-refractivity contribution in [2.45, 2.75) is 31.8 Å². The molecule has 0 heterocycles. The number of hydrogen-bond acceptors (Lipinski definition) is 1. The van der Waals surface area contributed by atoms with Crippen LogP contribution in [-0.2, 0) is 6.42 Å². The average Bonchev–Trinajstić information content (AvgIpc) is 2.07. The van der Waals surface area contributed by atoms with Crippen LogP contribution < -0.4 is 0 Å². The Hall–Kier alpha value is -0.820. The predicted octanol–water partition coefficient (Wildman–Crippen LogP) is 2.10. The molecule has 2 atom stereocenters. The van der Waals surface area contributed by atoms with Crippen LogP contribution in [0.3, 0.4) is 0 Å². The highest BCUT2D eigenvalue weighted by atomic mass is 16.3. The maximum atomic E-state index is 9.62. The Morgan fingerprint density at radius 3 is 2.92 bits per heavy atom.